The summed E-state index contributed by atoms with van der Waals surface area (Å²) in [5.74, 6) is 0.159. The average molecular weight is 540 g/mol. The molecule has 1 aromatic carbocycles. The molecule has 10 nitrogen and oxygen atoms in total. The number of imidazole rings is 1. The summed E-state index contributed by atoms with van der Waals surface area (Å²) in [6.45, 7) is 3.12. The number of hydrogen-bond donors (Lipinski definition) is 1. The molecule has 0 unspecified atom stereocenters. The highest BCUT2D eigenvalue weighted by Crippen LogP contribution is 2.30. The lowest BCUT2D eigenvalue weighted by molar-refractivity contribution is -0.0496. The number of thiazole rings is 1. The van der Waals surface area contributed by atoms with Crippen molar-refractivity contribution in [3.63, 3.8) is 0 Å². The Bertz CT molecular complexity index is 1570. The van der Waals surface area contributed by atoms with Crippen molar-refractivity contribution >= 4 is 32.2 Å². The SMILES string of the molecule is Cc1cn2c(C(=O)NCc3ccc(-c4nc5n(n4)CCN(S(=O)(=O)C(F)(F)F)C5)cc3)c(C)nc2s1. The number of aromatic nitrogens is 5. The Morgan fingerprint density at radius 3 is 2.56 bits per heavy atom. The highest BCUT2D eigenvalue weighted by atomic mass is 32.2. The van der Waals surface area contributed by atoms with Gasteiger partial charge in [-0.1, -0.05) is 24.3 Å². The number of rotatable bonds is 5. The van der Waals surface area contributed by atoms with Crippen LogP contribution in [0.2, 0.25) is 0 Å². The van der Waals surface area contributed by atoms with Gasteiger partial charge in [0, 0.05) is 29.7 Å². The van der Waals surface area contributed by atoms with Gasteiger partial charge in [-0.3, -0.25) is 9.20 Å². The molecule has 1 amide bonds. The number of carbonyl (C=O) groups excluding carboxylic acids is 1. The summed E-state index contributed by atoms with van der Waals surface area (Å²) in [6.07, 6.45) is 1.87. The maximum Gasteiger partial charge on any atom is 0.511 e. The van der Waals surface area contributed by atoms with Crippen molar-refractivity contribution in [1.82, 2.24) is 33.8 Å². The lowest BCUT2D eigenvalue weighted by atomic mass is 10.1. The molecule has 1 aliphatic rings. The van der Waals surface area contributed by atoms with Crippen LogP contribution < -0.4 is 5.32 Å². The van der Waals surface area contributed by atoms with Gasteiger partial charge in [0.15, 0.2) is 10.8 Å². The highest BCUT2D eigenvalue weighted by Gasteiger charge is 2.50. The molecule has 5 rings (SSSR count). The van der Waals surface area contributed by atoms with Crippen LogP contribution in [0.25, 0.3) is 16.3 Å². The Labute approximate surface area is 207 Å². The number of halogens is 3. The van der Waals surface area contributed by atoms with E-state index in [4.69, 9.17) is 0 Å². The molecule has 1 N–H and O–H groups in total. The monoisotopic (exact) mass is 539 g/mol. The van der Waals surface area contributed by atoms with Crippen LogP contribution in [-0.4, -0.2) is 54.8 Å². The van der Waals surface area contributed by atoms with E-state index in [9.17, 15) is 26.4 Å². The van der Waals surface area contributed by atoms with Crippen LogP contribution in [0, 0.1) is 13.8 Å². The van der Waals surface area contributed by atoms with Crippen molar-refractivity contribution in [1.29, 1.82) is 0 Å². The van der Waals surface area contributed by atoms with Gasteiger partial charge in [-0.15, -0.1) is 11.3 Å². The van der Waals surface area contributed by atoms with Crippen molar-refractivity contribution in [2.45, 2.75) is 39.0 Å². The second-order valence-corrected chi connectivity index (χ2v) is 11.4. The molecule has 0 fully saturated rings. The molecule has 4 heterocycles. The Balaban J connectivity index is 1.27. The molecule has 4 aromatic rings. The topological polar surface area (TPSA) is 114 Å². The molecule has 1 aliphatic heterocycles. The summed E-state index contributed by atoms with van der Waals surface area (Å²) in [4.78, 5) is 23.3. The first kappa shape index (κ1) is 24.4. The van der Waals surface area contributed by atoms with Gasteiger partial charge >= 0.3 is 15.5 Å². The minimum absolute atomic E-state index is 0.0350. The number of carbonyl (C=O) groups is 1. The van der Waals surface area contributed by atoms with Gasteiger partial charge in [-0.25, -0.2) is 23.1 Å². The average Bonchev–Trinajstić information content (AvgIpc) is 3.47. The van der Waals surface area contributed by atoms with E-state index in [1.807, 2.05) is 13.1 Å². The molecule has 3 aromatic heterocycles. The number of sulfonamides is 1. The number of fused-ring (bicyclic) bond motifs is 2. The molecule has 15 heteroatoms. The molecule has 36 heavy (non-hydrogen) atoms. The van der Waals surface area contributed by atoms with Crippen molar-refractivity contribution in [2.75, 3.05) is 6.54 Å². The Morgan fingerprint density at radius 1 is 1.14 bits per heavy atom. The van der Waals surface area contributed by atoms with Crippen LogP contribution in [0.3, 0.4) is 0 Å². The molecular formula is C21H20F3N7O3S2. The van der Waals surface area contributed by atoms with Crippen LogP contribution in [0.15, 0.2) is 30.5 Å². The van der Waals surface area contributed by atoms with Gasteiger partial charge in [-0.05, 0) is 19.4 Å². The predicted octanol–water partition coefficient (Wildman–Crippen LogP) is 2.87. The van der Waals surface area contributed by atoms with E-state index in [-0.39, 0.29) is 37.2 Å². The Hall–Kier alpha value is -3.30. The van der Waals surface area contributed by atoms with E-state index in [2.05, 4.69) is 20.4 Å². The molecule has 0 atom stereocenters. The van der Waals surface area contributed by atoms with Crippen molar-refractivity contribution < 1.29 is 26.4 Å². The first-order valence-corrected chi connectivity index (χ1v) is 13.0. The second kappa shape index (κ2) is 8.67. The van der Waals surface area contributed by atoms with Gasteiger partial charge in [0.05, 0.1) is 18.8 Å². The number of amides is 1. The quantitative estimate of drug-likeness (QED) is 0.417. The minimum Gasteiger partial charge on any atom is -0.347 e. The third-order valence-electron chi connectivity index (χ3n) is 5.76. The second-order valence-electron chi connectivity index (χ2n) is 8.28. The fraction of sp³-hybridized carbons (Fsp3) is 0.333. The minimum atomic E-state index is -5.43. The zero-order valence-electron chi connectivity index (χ0n) is 19.1. The first-order chi connectivity index (χ1) is 16.9. The molecule has 0 saturated heterocycles. The summed E-state index contributed by atoms with van der Waals surface area (Å²) >= 11 is 1.51. The maximum absolute atomic E-state index is 12.9. The third kappa shape index (κ3) is 4.26. The number of hydrogen-bond acceptors (Lipinski definition) is 7. The summed E-state index contributed by atoms with van der Waals surface area (Å²) in [5, 5.41) is 7.19. The van der Waals surface area contributed by atoms with Crippen LogP contribution in [0.1, 0.15) is 32.4 Å². The van der Waals surface area contributed by atoms with E-state index in [0.717, 1.165) is 15.4 Å². The standard InChI is InChI=1S/C21H20F3N7O3S2/c1-12-10-30-17(13(2)26-20(30)35-12)19(32)25-9-14-3-5-15(6-4-14)18-27-16-11-29(7-8-31(16)28-18)36(33,34)21(22,23)24/h3-6,10H,7-9,11H2,1-2H3,(H,25,32). The summed E-state index contributed by atoms with van der Waals surface area (Å²) in [6, 6.07) is 7.03. The predicted molar refractivity (Wildman–Crippen MR) is 125 cm³/mol. The van der Waals surface area contributed by atoms with E-state index in [0.29, 0.717) is 21.3 Å². The molecule has 0 bridgehead atoms. The van der Waals surface area contributed by atoms with E-state index >= 15 is 0 Å². The molecule has 0 radical (unpaired) electrons. The zero-order chi connectivity index (χ0) is 25.8. The molecule has 190 valence electrons. The molecule has 0 aliphatic carbocycles. The number of aryl methyl sites for hydroxylation is 2. The lowest BCUT2D eigenvalue weighted by Crippen LogP contribution is -2.44. The van der Waals surface area contributed by atoms with E-state index < -0.39 is 22.1 Å². The number of nitrogens with one attached hydrogen (secondary N) is 1. The maximum atomic E-state index is 12.9. The number of alkyl halides is 3. The lowest BCUT2D eigenvalue weighted by Gasteiger charge is -2.26. The Morgan fingerprint density at radius 2 is 1.86 bits per heavy atom. The summed E-state index contributed by atoms with van der Waals surface area (Å²) in [7, 11) is -5.43. The first-order valence-electron chi connectivity index (χ1n) is 10.8. The normalized spacial score (nSPS) is 14.8. The zero-order valence-corrected chi connectivity index (χ0v) is 20.7. The highest BCUT2D eigenvalue weighted by molar-refractivity contribution is 7.89. The van der Waals surface area contributed by atoms with Crippen LogP contribution in [-0.2, 0) is 29.7 Å². The van der Waals surface area contributed by atoms with Crippen LogP contribution in [0.4, 0.5) is 13.2 Å². The molecular weight excluding hydrogens is 519 g/mol. The molecule has 0 saturated carbocycles. The van der Waals surface area contributed by atoms with Crippen LogP contribution >= 0.6 is 11.3 Å². The van der Waals surface area contributed by atoms with Gasteiger partial charge in [0.1, 0.15) is 11.5 Å². The fourth-order valence-corrected chi connectivity index (χ4v) is 5.73. The summed E-state index contributed by atoms with van der Waals surface area (Å²) in [5.41, 5.74) is -2.81. The van der Waals surface area contributed by atoms with Gasteiger partial charge < -0.3 is 5.32 Å². The number of nitrogens with zero attached hydrogens (tertiary/aromatic N) is 6. The third-order valence-corrected chi connectivity index (χ3v) is 8.23. The van der Waals surface area contributed by atoms with Crippen molar-refractivity contribution in [3.05, 3.63) is 58.1 Å². The van der Waals surface area contributed by atoms with Gasteiger partial charge in [0.25, 0.3) is 5.91 Å². The largest absolute Gasteiger partial charge is 0.511 e. The van der Waals surface area contributed by atoms with E-state index in [1.54, 1.807) is 35.6 Å². The van der Waals surface area contributed by atoms with Gasteiger partial charge in [-0.2, -0.15) is 22.6 Å². The van der Waals surface area contributed by atoms with Crippen molar-refractivity contribution in [2.24, 2.45) is 0 Å². The van der Waals surface area contributed by atoms with Crippen LogP contribution in [0.5, 0.6) is 0 Å². The molecule has 0 spiro atoms. The summed E-state index contributed by atoms with van der Waals surface area (Å²) < 4.78 is 65.6. The van der Waals surface area contributed by atoms with E-state index in [1.165, 1.54) is 16.0 Å². The smallest absolute Gasteiger partial charge is 0.347 e. The number of benzene rings is 1. The Kier molecular flexibility index (Phi) is 5.88. The fourth-order valence-electron chi connectivity index (χ4n) is 3.96. The van der Waals surface area contributed by atoms with Crippen molar-refractivity contribution in [3.8, 4) is 11.4 Å². The van der Waals surface area contributed by atoms with Gasteiger partial charge in [0.2, 0.25) is 0 Å².